The minimum atomic E-state index is -0.246. The number of hydrogen-bond donors (Lipinski definition) is 1. The summed E-state index contributed by atoms with van der Waals surface area (Å²) in [5.74, 6) is 1.72. The Morgan fingerprint density at radius 1 is 1.46 bits per heavy atom. The molecule has 0 amide bonds. The van der Waals surface area contributed by atoms with E-state index < -0.39 is 0 Å². The lowest BCUT2D eigenvalue weighted by Crippen LogP contribution is -2.23. The SMILES string of the molecule is Cc1ccc(C2CC(O)CCO2)o1. The Hall–Kier alpha value is -0.800. The molecule has 0 spiro atoms. The first-order valence-corrected chi connectivity index (χ1v) is 4.61. The molecule has 2 heterocycles. The van der Waals surface area contributed by atoms with Crippen molar-refractivity contribution in [3.63, 3.8) is 0 Å². The second kappa shape index (κ2) is 3.52. The number of hydrogen-bond acceptors (Lipinski definition) is 3. The highest BCUT2D eigenvalue weighted by Gasteiger charge is 2.24. The molecule has 3 heteroatoms. The van der Waals surface area contributed by atoms with Gasteiger partial charge in [0.05, 0.1) is 12.7 Å². The highest BCUT2D eigenvalue weighted by Crippen LogP contribution is 2.28. The van der Waals surface area contributed by atoms with Crippen LogP contribution in [0.15, 0.2) is 16.5 Å². The topological polar surface area (TPSA) is 42.6 Å². The average molecular weight is 182 g/mol. The molecule has 0 bridgehead atoms. The first-order chi connectivity index (χ1) is 6.25. The molecule has 1 aliphatic heterocycles. The third-order valence-corrected chi connectivity index (χ3v) is 2.33. The summed E-state index contributed by atoms with van der Waals surface area (Å²) in [6, 6.07) is 3.83. The molecule has 0 aromatic carbocycles. The zero-order chi connectivity index (χ0) is 9.26. The highest BCUT2D eigenvalue weighted by atomic mass is 16.5. The van der Waals surface area contributed by atoms with Crippen LogP contribution < -0.4 is 0 Å². The maximum absolute atomic E-state index is 9.43. The Morgan fingerprint density at radius 2 is 2.31 bits per heavy atom. The standard InChI is InChI=1S/C10H14O3/c1-7-2-3-9(13-7)10-6-8(11)4-5-12-10/h2-3,8,10-11H,4-6H2,1H3. The maximum atomic E-state index is 9.43. The molecule has 1 saturated heterocycles. The van der Waals surface area contributed by atoms with Gasteiger partial charge in [-0.25, -0.2) is 0 Å². The van der Waals surface area contributed by atoms with Crippen molar-refractivity contribution < 1.29 is 14.3 Å². The molecule has 72 valence electrons. The summed E-state index contributed by atoms with van der Waals surface area (Å²) >= 11 is 0. The third kappa shape index (κ3) is 1.92. The number of aryl methyl sites for hydroxylation is 1. The summed E-state index contributed by atoms with van der Waals surface area (Å²) in [6.45, 7) is 2.52. The molecule has 1 aromatic heterocycles. The third-order valence-electron chi connectivity index (χ3n) is 2.33. The van der Waals surface area contributed by atoms with Gasteiger partial charge in [0.15, 0.2) is 0 Å². The second-order valence-electron chi connectivity index (χ2n) is 3.49. The van der Waals surface area contributed by atoms with Crippen LogP contribution in [0.25, 0.3) is 0 Å². The number of rotatable bonds is 1. The predicted molar refractivity (Wildman–Crippen MR) is 47.4 cm³/mol. The van der Waals surface area contributed by atoms with Gasteiger partial charge in [0.1, 0.15) is 17.6 Å². The number of ether oxygens (including phenoxy) is 1. The van der Waals surface area contributed by atoms with Gasteiger partial charge in [0.2, 0.25) is 0 Å². The lowest BCUT2D eigenvalue weighted by atomic mass is 10.0. The molecule has 1 aromatic rings. The fourth-order valence-corrected chi connectivity index (χ4v) is 1.60. The number of furan rings is 1. The Morgan fingerprint density at radius 3 is 2.92 bits per heavy atom. The quantitative estimate of drug-likeness (QED) is 0.720. The minimum absolute atomic E-state index is 0.0579. The van der Waals surface area contributed by atoms with Crippen molar-refractivity contribution in [2.24, 2.45) is 0 Å². The lowest BCUT2D eigenvalue weighted by molar-refractivity contribution is -0.0538. The van der Waals surface area contributed by atoms with Crippen molar-refractivity contribution in [3.05, 3.63) is 23.7 Å². The summed E-state index contributed by atoms with van der Waals surface area (Å²) in [6.07, 6.45) is 1.07. The van der Waals surface area contributed by atoms with E-state index in [9.17, 15) is 5.11 Å². The van der Waals surface area contributed by atoms with Gasteiger partial charge in [-0.1, -0.05) is 0 Å². The van der Waals surface area contributed by atoms with Crippen molar-refractivity contribution in [2.75, 3.05) is 6.61 Å². The van der Waals surface area contributed by atoms with Gasteiger partial charge in [-0.2, -0.15) is 0 Å². The first kappa shape index (κ1) is 8.78. The Kier molecular flexibility index (Phi) is 2.38. The lowest BCUT2D eigenvalue weighted by Gasteiger charge is -2.24. The maximum Gasteiger partial charge on any atom is 0.133 e. The van der Waals surface area contributed by atoms with Gasteiger partial charge < -0.3 is 14.3 Å². The Balaban J connectivity index is 2.08. The number of aliphatic hydroxyl groups is 1. The molecule has 13 heavy (non-hydrogen) atoms. The van der Waals surface area contributed by atoms with E-state index in [0.29, 0.717) is 13.0 Å². The van der Waals surface area contributed by atoms with E-state index in [-0.39, 0.29) is 12.2 Å². The van der Waals surface area contributed by atoms with Crippen molar-refractivity contribution in [3.8, 4) is 0 Å². The molecule has 0 aliphatic carbocycles. The minimum Gasteiger partial charge on any atom is -0.464 e. The van der Waals surface area contributed by atoms with Crippen LogP contribution in [0.3, 0.4) is 0 Å². The molecule has 3 nitrogen and oxygen atoms in total. The van der Waals surface area contributed by atoms with Gasteiger partial charge in [-0.05, 0) is 25.5 Å². The summed E-state index contributed by atoms with van der Waals surface area (Å²) in [7, 11) is 0. The monoisotopic (exact) mass is 182 g/mol. The largest absolute Gasteiger partial charge is 0.464 e. The van der Waals surface area contributed by atoms with Crippen molar-refractivity contribution in [2.45, 2.75) is 32.0 Å². The Labute approximate surface area is 77.3 Å². The van der Waals surface area contributed by atoms with Gasteiger partial charge in [-0.3, -0.25) is 0 Å². The van der Waals surface area contributed by atoms with Crippen LogP contribution in [0.1, 0.15) is 30.5 Å². The molecular weight excluding hydrogens is 168 g/mol. The zero-order valence-corrected chi connectivity index (χ0v) is 7.69. The van der Waals surface area contributed by atoms with Gasteiger partial charge in [0, 0.05) is 6.42 Å². The van der Waals surface area contributed by atoms with Gasteiger partial charge in [-0.15, -0.1) is 0 Å². The van der Waals surface area contributed by atoms with Gasteiger partial charge >= 0.3 is 0 Å². The smallest absolute Gasteiger partial charge is 0.133 e. The molecule has 2 atom stereocenters. The van der Waals surface area contributed by atoms with Crippen LogP contribution in [0, 0.1) is 6.92 Å². The summed E-state index contributed by atoms with van der Waals surface area (Å²) in [5.41, 5.74) is 0. The highest BCUT2D eigenvalue weighted by molar-refractivity contribution is 5.08. The van der Waals surface area contributed by atoms with Crippen molar-refractivity contribution >= 4 is 0 Å². The van der Waals surface area contributed by atoms with E-state index in [1.807, 2.05) is 19.1 Å². The van der Waals surface area contributed by atoms with Crippen molar-refractivity contribution in [1.29, 1.82) is 0 Å². The van der Waals surface area contributed by atoms with Crippen molar-refractivity contribution in [1.82, 2.24) is 0 Å². The molecular formula is C10H14O3. The van der Waals surface area contributed by atoms with Crippen LogP contribution in [-0.2, 0) is 4.74 Å². The van der Waals surface area contributed by atoms with E-state index in [1.54, 1.807) is 0 Å². The Bertz CT molecular complexity index is 279. The molecule has 0 radical (unpaired) electrons. The van der Waals surface area contributed by atoms with E-state index in [2.05, 4.69) is 0 Å². The molecule has 1 N–H and O–H groups in total. The molecule has 2 unspecified atom stereocenters. The predicted octanol–water partition coefficient (Wildman–Crippen LogP) is 1.80. The van der Waals surface area contributed by atoms with Crippen LogP contribution in [-0.4, -0.2) is 17.8 Å². The fraction of sp³-hybridized carbons (Fsp3) is 0.600. The van der Waals surface area contributed by atoms with Gasteiger partial charge in [0.25, 0.3) is 0 Å². The first-order valence-electron chi connectivity index (χ1n) is 4.61. The molecule has 0 saturated carbocycles. The summed E-state index contributed by atoms with van der Waals surface area (Å²) in [5, 5.41) is 9.43. The summed E-state index contributed by atoms with van der Waals surface area (Å²) < 4.78 is 10.9. The van der Waals surface area contributed by atoms with Crippen LogP contribution in [0.2, 0.25) is 0 Å². The van der Waals surface area contributed by atoms with E-state index in [4.69, 9.17) is 9.15 Å². The van der Waals surface area contributed by atoms with E-state index in [0.717, 1.165) is 17.9 Å². The summed E-state index contributed by atoms with van der Waals surface area (Å²) in [4.78, 5) is 0. The molecule has 1 aliphatic rings. The average Bonchev–Trinajstić information content (AvgIpc) is 2.52. The van der Waals surface area contributed by atoms with Crippen LogP contribution in [0.4, 0.5) is 0 Å². The van der Waals surface area contributed by atoms with E-state index >= 15 is 0 Å². The number of aliphatic hydroxyl groups excluding tert-OH is 1. The normalized spacial score (nSPS) is 29.1. The second-order valence-corrected chi connectivity index (χ2v) is 3.49. The molecule has 1 fully saturated rings. The molecule has 2 rings (SSSR count). The van der Waals surface area contributed by atoms with E-state index in [1.165, 1.54) is 0 Å². The fourth-order valence-electron chi connectivity index (χ4n) is 1.60. The van der Waals surface area contributed by atoms with Crippen LogP contribution >= 0.6 is 0 Å². The zero-order valence-electron chi connectivity index (χ0n) is 7.69. The van der Waals surface area contributed by atoms with Crippen LogP contribution in [0.5, 0.6) is 0 Å².